The first-order valence-electron chi connectivity index (χ1n) is 5.36. The molecule has 2 atom stereocenters. The van der Waals surface area contributed by atoms with E-state index in [1.54, 1.807) is 6.92 Å². The number of nitrogens with zero attached hydrogens (tertiary/aromatic N) is 1. The number of aliphatic imine (C=N–C) groups is 1. The molecule has 84 valence electrons. The van der Waals surface area contributed by atoms with Gasteiger partial charge in [-0.05, 0) is 12.5 Å². The molecule has 3 nitrogen and oxygen atoms in total. The van der Waals surface area contributed by atoms with E-state index in [1.807, 2.05) is 37.3 Å². The van der Waals surface area contributed by atoms with Crippen LogP contribution in [-0.2, 0) is 16.0 Å². The van der Waals surface area contributed by atoms with Gasteiger partial charge in [0.1, 0.15) is 5.54 Å². The summed E-state index contributed by atoms with van der Waals surface area (Å²) in [5.41, 5.74) is 0.701. The van der Waals surface area contributed by atoms with Crippen LogP contribution < -0.4 is 0 Å². The van der Waals surface area contributed by atoms with Crippen molar-refractivity contribution in [2.24, 2.45) is 4.99 Å². The summed E-state index contributed by atoms with van der Waals surface area (Å²) < 4.78 is 5.38. The third kappa shape index (κ3) is 1.98. The van der Waals surface area contributed by atoms with Gasteiger partial charge in [0.05, 0.1) is 0 Å². The zero-order valence-electron chi connectivity index (χ0n) is 9.51. The van der Waals surface area contributed by atoms with Gasteiger partial charge in [0, 0.05) is 13.3 Å². The number of ether oxygens (including phenoxy) is 1. The average molecular weight is 217 g/mol. The van der Waals surface area contributed by atoms with Crippen molar-refractivity contribution in [2.45, 2.75) is 31.9 Å². The molecule has 2 unspecified atom stereocenters. The Morgan fingerprint density at radius 3 is 2.75 bits per heavy atom. The highest BCUT2D eigenvalue weighted by Crippen LogP contribution is 2.28. The number of carbonyl (C=O) groups excluding carboxylic acids is 1. The minimum absolute atomic E-state index is 0.465. The Morgan fingerprint density at radius 1 is 1.44 bits per heavy atom. The topological polar surface area (TPSA) is 38.7 Å². The monoisotopic (exact) mass is 217 g/mol. The second kappa shape index (κ2) is 4.08. The normalized spacial score (nSPS) is 28.4. The third-order valence-corrected chi connectivity index (χ3v) is 2.85. The number of aldehydes is 1. The van der Waals surface area contributed by atoms with Crippen molar-refractivity contribution in [3.63, 3.8) is 0 Å². The van der Waals surface area contributed by atoms with E-state index in [1.165, 1.54) is 5.56 Å². The predicted molar refractivity (Wildman–Crippen MR) is 62.6 cm³/mol. The van der Waals surface area contributed by atoms with Gasteiger partial charge < -0.3 is 4.74 Å². The summed E-state index contributed by atoms with van der Waals surface area (Å²) in [6.07, 6.45) is 1.09. The van der Waals surface area contributed by atoms with Crippen molar-refractivity contribution >= 4 is 12.2 Å². The van der Waals surface area contributed by atoms with E-state index in [2.05, 4.69) is 4.99 Å². The molecule has 0 aromatic heterocycles. The van der Waals surface area contributed by atoms with Crippen molar-refractivity contribution in [1.29, 1.82) is 0 Å². The standard InChI is InChI=1S/C13H15NO2/c1-10-14-13(2,12(9-15)16-10)8-11-6-4-3-5-7-11/h3-7,9,12H,8H2,1-2H3. The van der Waals surface area contributed by atoms with Crippen LogP contribution in [0.25, 0.3) is 0 Å². The second-order valence-electron chi connectivity index (χ2n) is 4.32. The van der Waals surface area contributed by atoms with Gasteiger partial charge in [-0.25, -0.2) is 4.99 Å². The second-order valence-corrected chi connectivity index (χ2v) is 4.32. The van der Waals surface area contributed by atoms with Gasteiger partial charge >= 0.3 is 0 Å². The molecule has 1 aliphatic heterocycles. The smallest absolute Gasteiger partial charge is 0.181 e. The Morgan fingerprint density at radius 2 is 2.12 bits per heavy atom. The first kappa shape index (κ1) is 10.9. The molecule has 0 radical (unpaired) electrons. The molecule has 1 aromatic rings. The number of hydrogen-bond donors (Lipinski definition) is 0. The van der Waals surface area contributed by atoms with Gasteiger partial charge in [-0.1, -0.05) is 30.3 Å². The van der Waals surface area contributed by atoms with Crippen LogP contribution in [0, 0.1) is 0 Å². The van der Waals surface area contributed by atoms with Gasteiger partial charge in [-0.15, -0.1) is 0 Å². The van der Waals surface area contributed by atoms with E-state index in [9.17, 15) is 4.79 Å². The molecule has 1 aliphatic rings. The minimum atomic E-state index is -0.465. The molecule has 1 heterocycles. The fraction of sp³-hybridized carbons (Fsp3) is 0.385. The largest absolute Gasteiger partial charge is 0.468 e. The fourth-order valence-electron chi connectivity index (χ4n) is 2.08. The number of hydrogen-bond acceptors (Lipinski definition) is 3. The molecule has 0 bridgehead atoms. The van der Waals surface area contributed by atoms with Gasteiger partial charge in [-0.2, -0.15) is 0 Å². The average Bonchev–Trinajstić information content (AvgIpc) is 2.54. The summed E-state index contributed by atoms with van der Waals surface area (Å²) in [5, 5.41) is 0. The minimum Gasteiger partial charge on any atom is -0.468 e. The number of carbonyl (C=O) groups is 1. The van der Waals surface area contributed by atoms with Crippen LogP contribution in [0.3, 0.4) is 0 Å². The van der Waals surface area contributed by atoms with E-state index >= 15 is 0 Å². The van der Waals surface area contributed by atoms with Crippen LogP contribution in [-0.4, -0.2) is 23.8 Å². The maximum atomic E-state index is 11.0. The first-order chi connectivity index (χ1) is 7.64. The van der Waals surface area contributed by atoms with E-state index in [0.29, 0.717) is 12.3 Å². The highest BCUT2D eigenvalue weighted by atomic mass is 16.5. The van der Waals surface area contributed by atoms with Gasteiger partial charge in [0.2, 0.25) is 0 Å². The van der Waals surface area contributed by atoms with Crippen molar-refractivity contribution in [3.05, 3.63) is 35.9 Å². The lowest BCUT2D eigenvalue weighted by atomic mass is 9.89. The van der Waals surface area contributed by atoms with Gasteiger partial charge in [-0.3, -0.25) is 4.79 Å². The quantitative estimate of drug-likeness (QED) is 0.726. The number of rotatable bonds is 3. The van der Waals surface area contributed by atoms with E-state index < -0.39 is 11.6 Å². The molecule has 1 aromatic carbocycles. The Balaban J connectivity index is 2.22. The van der Waals surface area contributed by atoms with Crippen LogP contribution in [0.1, 0.15) is 19.4 Å². The first-order valence-corrected chi connectivity index (χ1v) is 5.36. The molecule has 0 amide bonds. The third-order valence-electron chi connectivity index (χ3n) is 2.85. The van der Waals surface area contributed by atoms with Crippen molar-refractivity contribution in [2.75, 3.05) is 0 Å². The Kier molecular flexibility index (Phi) is 2.77. The molecule has 3 heteroatoms. The maximum Gasteiger partial charge on any atom is 0.181 e. The van der Waals surface area contributed by atoms with Gasteiger partial charge in [0.15, 0.2) is 18.3 Å². The fourth-order valence-corrected chi connectivity index (χ4v) is 2.08. The van der Waals surface area contributed by atoms with E-state index in [0.717, 1.165) is 6.29 Å². The molecular weight excluding hydrogens is 202 g/mol. The van der Waals surface area contributed by atoms with Crippen LogP contribution in [0.15, 0.2) is 35.3 Å². The summed E-state index contributed by atoms with van der Waals surface area (Å²) in [6.45, 7) is 3.74. The molecule has 0 spiro atoms. The SMILES string of the molecule is CC1=NC(C)(Cc2ccccc2)C(C=O)O1. The molecule has 16 heavy (non-hydrogen) atoms. The van der Waals surface area contributed by atoms with Crippen molar-refractivity contribution in [1.82, 2.24) is 0 Å². The maximum absolute atomic E-state index is 11.0. The molecule has 0 aliphatic carbocycles. The summed E-state index contributed by atoms with van der Waals surface area (Å²) in [6, 6.07) is 10.0. The van der Waals surface area contributed by atoms with Crippen molar-refractivity contribution in [3.8, 4) is 0 Å². The Hall–Kier alpha value is -1.64. The zero-order valence-corrected chi connectivity index (χ0v) is 9.51. The summed E-state index contributed by atoms with van der Waals surface area (Å²) in [7, 11) is 0. The molecule has 0 saturated heterocycles. The lowest BCUT2D eigenvalue weighted by Crippen LogP contribution is -2.38. The van der Waals surface area contributed by atoms with Crippen LogP contribution in [0.5, 0.6) is 0 Å². The highest BCUT2D eigenvalue weighted by molar-refractivity contribution is 5.80. The Bertz CT molecular complexity index is 413. The molecule has 0 N–H and O–H groups in total. The molecule has 0 saturated carbocycles. The predicted octanol–water partition coefficient (Wildman–Crippen LogP) is 2.00. The highest BCUT2D eigenvalue weighted by Gasteiger charge is 2.40. The van der Waals surface area contributed by atoms with E-state index in [4.69, 9.17) is 4.74 Å². The van der Waals surface area contributed by atoms with E-state index in [-0.39, 0.29) is 0 Å². The number of benzene rings is 1. The molecule has 0 fully saturated rings. The van der Waals surface area contributed by atoms with Crippen LogP contribution in [0.4, 0.5) is 0 Å². The Labute approximate surface area is 95.2 Å². The van der Waals surface area contributed by atoms with Crippen LogP contribution >= 0.6 is 0 Å². The lowest BCUT2D eigenvalue weighted by molar-refractivity contribution is -0.115. The summed E-state index contributed by atoms with van der Waals surface area (Å²) >= 11 is 0. The van der Waals surface area contributed by atoms with Gasteiger partial charge in [0.25, 0.3) is 0 Å². The van der Waals surface area contributed by atoms with Crippen molar-refractivity contribution < 1.29 is 9.53 Å². The summed E-state index contributed by atoms with van der Waals surface area (Å²) in [4.78, 5) is 15.4. The lowest BCUT2D eigenvalue weighted by Gasteiger charge is -2.23. The molecule has 2 rings (SSSR count). The van der Waals surface area contributed by atoms with Crippen LogP contribution in [0.2, 0.25) is 0 Å². The molecular formula is C13H15NO2. The zero-order chi connectivity index (χ0) is 11.6. The summed E-state index contributed by atoms with van der Waals surface area (Å²) in [5.74, 6) is 0.593.